The van der Waals surface area contributed by atoms with Crippen molar-refractivity contribution in [1.82, 2.24) is 14.8 Å². The van der Waals surface area contributed by atoms with Gasteiger partial charge in [-0.3, -0.25) is 4.68 Å². The molecule has 0 spiro atoms. The topological polar surface area (TPSA) is 39.9 Å². The van der Waals surface area contributed by atoms with Crippen LogP contribution in [0.5, 0.6) is 5.75 Å². The molecular weight excluding hydrogens is 257 g/mol. The summed E-state index contributed by atoms with van der Waals surface area (Å²) in [5.41, 5.74) is 1.59. The van der Waals surface area contributed by atoms with Crippen molar-refractivity contribution in [3.8, 4) is 16.9 Å². The maximum Gasteiger partial charge on any atom is 0.132 e. The Kier molecular flexibility index (Phi) is 3.81. The minimum atomic E-state index is -0.563. The highest BCUT2D eigenvalue weighted by Gasteiger charge is 2.12. The molecule has 2 heterocycles. The van der Waals surface area contributed by atoms with E-state index >= 15 is 0 Å². The molecule has 0 amide bonds. The van der Waals surface area contributed by atoms with Crippen LogP contribution < -0.4 is 4.74 Å². The lowest BCUT2D eigenvalue weighted by molar-refractivity contribution is 0.183. The summed E-state index contributed by atoms with van der Waals surface area (Å²) < 4.78 is 19.7. The molecule has 0 aliphatic carbocycles. The fourth-order valence-electron chi connectivity index (χ4n) is 1.54. The molecule has 0 aromatic carbocycles. The van der Waals surface area contributed by atoms with E-state index in [9.17, 15) is 4.39 Å². The molecule has 2 rings (SSSR count). The minimum Gasteiger partial charge on any atom is -0.487 e. The number of nitrogens with zero attached hydrogens (tertiary/aromatic N) is 3. The average molecular weight is 270 g/mol. The van der Waals surface area contributed by atoms with Crippen LogP contribution in [0.3, 0.4) is 0 Å². The van der Waals surface area contributed by atoms with E-state index in [-0.39, 0.29) is 0 Å². The average Bonchev–Trinajstić information content (AvgIpc) is 2.75. The van der Waals surface area contributed by atoms with Crippen LogP contribution in [0.25, 0.3) is 11.1 Å². The molecule has 0 saturated carbocycles. The lowest BCUT2D eigenvalue weighted by Gasteiger charge is -2.14. The zero-order valence-corrected chi connectivity index (χ0v) is 10.9. The van der Waals surface area contributed by atoms with Crippen molar-refractivity contribution in [3.63, 3.8) is 0 Å². The Morgan fingerprint density at radius 3 is 2.89 bits per heavy atom. The number of ether oxygens (including phenoxy) is 1. The van der Waals surface area contributed by atoms with Gasteiger partial charge >= 0.3 is 0 Å². The fraction of sp³-hybridized carbons (Fsp3) is 0.333. The summed E-state index contributed by atoms with van der Waals surface area (Å²) in [6.45, 7) is 1.09. The number of hydrogen-bond acceptors (Lipinski definition) is 3. The Labute approximate surface area is 109 Å². The highest BCUT2D eigenvalue weighted by molar-refractivity contribution is 6.29. The number of halogens is 2. The molecule has 2 aromatic rings. The van der Waals surface area contributed by atoms with Crippen LogP contribution in [0.1, 0.15) is 6.92 Å². The van der Waals surface area contributed by atoms with Gasteiger partial charge in [-0.15, -0.1) is 0 Å². The maximum absolute atomic E-state index is 12.5. The summed E-state index contributed by atoms with van der Waals surface area (Å²) >= 11 is 5.83. The summed E-state index contributed by atoms with van der Waals surface area (Å²) in [6.07, 6.45) is 4.59. The van der Waals surface area contributed by atoms with Crippen molar-refractivity contribution < 1.29 is 9.13 Å². The lowest BCUT2D eigenvalue weighted by atomic mass is 10.1. The minimum absolute atomic E-state index is 0.309. The first kappa shape index (κ1) is 12.8. The Balaban J connectivity index is 2.40. The highest BCUT2D eigenvalue weighted by atomic mass is 35.5. The van der Waals surface area contributed by atoms with Crippen LogP contribution in [0.15, 0.2) is 24.7 Å². The van der Waals surface area contributed by atoms with Crippen molar-refractivity contribution in [2.45, 2.75) is 13.0 Å². The van der Waals surface area contributed by atoms with Gasteiger partial charge in [0, 0.05) is 36.6 Å². The van der Waals surface area contributed by atoms with Gasteiger partial charge < -0.3 is 4.74 Å². The third-order valence-electron chi connectivity index (χ3n) is 2.39. The van der Waals surface area contributed by atoms with E-state index in [0.717, 1.165) is 11.1 Å². The molecule has 1 atom stereocenters. The van der Waals surface area contributed by atoms with E-state index in [1.807, 2.05) is 13.2 Å². The van der Waals surface area contributed by atoms with Gasteiger partial charge in [0.05, 0.1) is 6.20 Å². The quantitative estimate of drug-likeness (QED) is 0.802. The van der Waals surface area contributed by atoms with Gasteiger partial charge in [0.1, 0.15) is 23.7 Å². The highest BCUT2D eigenvalue weighted by Crippen LogP contribution is 2.31. The van der Waals surface area contributed by atoms with Crippen molar-refractivity contribution in [1.29, 1.82) is 0 Å². The molecule has 0 aliphatic rings. The number of hydrogen-bond donors (Lipinski definition) is 0. The summed E-state index contributed by atoms with van der Waals surface area (Å²) in [7, 11) is 1.82. The van der Waals surface area contributed by atoms with Gasteiger partial charge in [0.2, 0.25) is 0 Å². The van der Waals surface area contributed by atoms with Crippen LogP contribution in [-0.2, 0) is 7.05 Å². The molecule has 0 saturated heterocycles. The Hall–Kier alpha value is -1.62. The molecule has 2 aromatic heterocycles. The van der Waals surface area contributed by atoms with Crippen molar-refractivity contribution in [3.05, 3.63) is 29.8 Å². The fourth-order valence-corrected chi connectivity index (χ4v) is 1.68. The first-order valence-corrected chi connectivity index (χ1v) is 5.85. The predicted molar refractivity (Wildman–Crippen MR) is 67.5 cm³/mol. The van der Waals surface area contributed by atoms with E-state index in [4.69, 9.17) is 16.3 Å². The number of aryl methyl sites for hydroxylation is 1. The van der Waals surface area contributed by atoms with Gasteiger partial charge in [-0.25, -0.2) is 9.37 Å². The monoisotopic (exact) mass is 269 g/mol. The van der Waals surface area contributed by atoms with E-state index in [2.05, 4.69) is 10.1 Å². The van der Waals surface area contributed by atoms with Crippen molar-refractivity contribution in [2.75, 3.05) is 6.67 Å². The smallest absolute Gasteiger partial charge is 0.132 e. The van der Waals surface area contributed by atoms with Crippen molar-refractivity contribution >= 4 is 11.6 Å². The molecule has 6 heteroatoms. The van der Waals surface area contributed by atoms with E-state index in [1.165, 1.54) is 0 Å². The van der Waals surface area contributed by atoms with Gasteiger partial charge in [-0.1, -0.05) is 11.6 Å². The third kappa shape index (κ3) is 2.79. The number of rotatable bonds is 4. The van der Waals surface area contributed by atoms with Crippen molar-refractivity contribution in [2.24, 2.45) is 7.05 Å². The molecule has 0 bridgehead atoms. The van der Waals surface area contributed by atoms with Gasteiger partial charge in [-0.05, 0) is 6.92 Å². The lowest BCUT2D eigenvalue weighted by Crippen LogP contribution is -2.14. The molecule has 0 radical (unpaired) electrons. The second kappa shape index (κ2) is 5.35. The van der Waals surface area contributed by atoms with Crippen LogP contribution in [0, 0.1) is 0 Å². The van der Waals surface area contributed by atoms with Gasteiger partial charge in [-0.2, -0.15) is 5.10 Å². The summed E-state index contributed by atoms with van der Waals surface area (Å²) in [5.74, 6) is 0.508. The Morgan fingerprint density at radius 1 is 1.50 bits per heavy atom. The van der Waals surface area contributed by atoms with E-state index < -0.39 is 12.8 Å². The zero-order valence-electron chi connectivity index (χ0n) is 10.1. The second-order valence-corrected chi connectivity index (χ2v) is 4.38. The standard InChI is InChI=1S/C12H13ClFN3O/c1-8(4-14)18-11-3-12(13)15-6-10(11)9-5-16-17(2)7-9/h3,5-8H,4H2,1-2H3. The third-order valence-corrected chi connectivity index (χ3v) is 2.60. The van der Waals surface area contributed by atoms with E-state index in [0.29, 0.717) is 10.9 Å². The molecule has 1 unspecified atom stereocenters. The molecule has 4 nitrogen and oxygen atoms in total. The Bertz CT molecular complexity index is 544. The van der Waals surface area contributed by atoms with Gasteiger partial charge in [0.15, 0.2) is 0 Å². The first-order valence-electron chi connectivity index (χ1n) is 5.47. The Morgan fingerprint density at radius 2 is 2.28 bits per heavy atom. The van der Waals surface area contributed by atoms with Gasteiger partial charge in [0.25, 0.3) is 0 Å². The first-order chi connectivity index (χ1) is 8.60. The molecule has 96 valence electrons. The molecular formula is C12H13ClFN3O. The number of alkyl halides is 1. The molecule has 0 fully saturated rings. The van der Waals surface area contributed by atoms with Crippen LogP contribution in [0.2, 0.25) is 5.15 Å². The van der Waals surface area contributed by atoms with Crippen LogP contribution >= 0.6 is 11.6 Å². The summed E-state index contributed by atoms with van der Waals surface area (Å²) in [5, 5.41) is 4.39. The number of aromatic nitrogens is 3. The normalized spacial score (nSPS) is 12.4. The predicted octanol–water partition coefficient (Wildman–Crippen LogP) is 2.87. The van der Waals surface area contributed by atoms with E-state index in [1.54, 1.807) is 30.1 Å². The number of pyridine rings is 1. The molecule has 0 aliphatic heterocycles. The largest absolute Gasteiger partial charge is 0.487 e. The SMILES string of the molecule is CC(CF)Oc1cc(Cl)ncc1-c1cnn(C)c1. The second-order valence-electron chi connectivity index (χ2n) is 3.99. The molecule has 0 N–H and O–H groups in total. The molecule has 18 heavy (non-hydrogen) atoms. The summed E-state index contributed by atoms with van der Waals surface area (Å²) in [6, 6.07) is 1.58. The zero-order chi connectivity index (χ0) is 13.1. The van der Waals surface area contributed by atoms with Crippen LogP contribution in [0.4, 0.5) is 4.39 Å². The summed E-state index contributed by atoms with van der Waals surface area (Å²) in [4.78, 5) is 4.01. The maximum atomic E-state index is 12.5. The van der Waals surface area contributed by atoms with Crippen LogP contribution in [-0.4, -0.2) is 27.5 Å².